The molecular formula is C29H26Cl2N6O4. The van der Waals surface area contributed by atoms with E-state index < -0.39 is 17.4 Å². The van der Waals surface area contributed by atoms with Crippen LogP contribution in [-0.2, 0) is 10.3 Å². The van der Waals surface area contributed by atoms with Gasteiger partial charge in [0.1, 0.15) is 11.6 Å². The number of fused-ring (bicyclic) bond motifs is 4. The Labute approximate surface area is 246 Å². The quantitative estimate of drug-likeness (QED) is 0.301. The predicted molar refractivity (Wildman–Crippen MR) is 155 cm³/mol. The van der Waals surface area contributed by atoms with Crippen molar-refractivity contribution in [2.75, 3.05) is 23.9 Å². The molecule has 1 atom stereocenters. The molecule has 0 unspecified atom stereocenters. The van der Waals surface area contributed by atoms with E-state index in [4.69, 9.17) is 37.7 Å². The van der Waals surface area contributed by atoms with E-state index in [-0.39, 0.29) is 11.7 Å². The second-order valence-corrected chi connectivity index (χ2v) is 10.9. The highest BCUT2D eigenvalue weighted by molar-refractivity contribution is 6.32. The van der Waals surface area contributed by atoms with Gasteiger partial charge in [0.05, 0.1) is 41.4 Å². The molecule has 2 amide bonds. The summed E-state index contributed by atoms with van der Waals surface area (Å²) in [6, 6.07) is 8.20. The molecule has 0 bridgehead atoms. The number of imidazole rings is 1. The van der Waals surface area contributed by atoms with Gasteiger partial charge in [-0.3, -0.25) is 19.5 Å². The van der Waals surface area contributed by atoms with E-state index in [9.17, 15) is 9.59 Å². The Hall–Kier alpha value is -4.15. The molecule has 12 heteroatoms. The minimum atomic E-state index is -1.62. The van der Waals surface area contributed by atoms with Gasteiger partial charge in [0, 0.05) is 40.8 Å². The van der Waals surface area contributed by atoms with Gasteiger partial charge in [-0.2, -0.15) is 0 Å². The Bertz CT molecular complexity index is 1750. The van der Waals surface area contributed by atoms with Crippen molar-refractivity contribution in [3.8, 4) is 23.0 Å². The van der Waals surface area contributed by atoms with Crippen molar-refractivity contribution in [1.29, 1.82) is 0 Å². The van der Waals surface area contributed by atoms with E-state index >= 15 is 0 Å². The van der Waals surface area contributed by atoms with E-state index in [1.54, 1.807) is 50.6 Å². The van der Waals surface area contributed by atoms with Gasteiger partial charge in [-0.1, -0.05) is 29.3 Å². The minimum Gasteiger partial charge on any atom is -0.496 e. The summed E-state index contributed by atoms with van der Waals surface area (Å²) in [7, 11) is 1.54. The van der Waals surface area contributed by atoms with E-state index in [0.717, 1.165) is 0 Å². The first-order chi connectivity index (χ1) is 19.6. The number of aromatic nitrogens is 4. The maximum Gasteiger partial charge on any atom is 0.280 e. The van der Waals surface area contributed by atoms with Crippen molar-refractivity contribution < 1.29 is 19.1 Å². The van der Waals surface area contributed by atoms with Crippen LogP contribution in [0.25, 0.3) is 11.4 Å². The predicted octanol–water partition coefficient (Wildman–Crippen LogP) is 5.80. The van der Waals surface area contributed by atoms with Crippen molar-refractivity contribution in [2.24, 2.45) is 0 Å². The van der Waals surface area contributed by atoms with E-state index in [0.29, 0.717) is 68.0 Å². The average Bonchev–Trinajstić information content (AvgIpc) is 3.54. The standard InChI is InChI=1S/C29H26Cl2N6O4/c1-6-41-23-11-22(40-5)18(13-33-23)26-35-24-25(36(26)14(2)3)29(19-8-7-16(30)9-20(19)34-28(29)39)37(27(24)38)21-10-17(31)12-32-15(21)4/h7-14H,6H2,1-5H3,(H,34,39)/t29-/m0/s1. The molecule has 1 aromatic carbocycles. The monoisotopic (exact) mass is 592 g/mol. The first-order valence-electron chi connectivity index (χ1n) is 13.0. The number of nitrogens with zero attached hydrogens (tertiary/aromatic N) is 5. The molecule has 5 heterocycles. The molecule has 0 saturated heterocycles. The normalized spacial score (nSPS) is 17.3. The minimum absolute atomic E-state index is 0.127. The Morgan fingerprint density at radius 2 is 1.85 bits per heavy atom. The molecule has 0 radical (unpaired) electrons. The number of benzene rings is 1. The molecule has 0 saturated carbocycles. The maximum absolute atomic E-state index is 14.5. The Morgan fingerprint density at radius 3 is 2.56 bits per heavy atom. The summed E-state index contributed by atoms with van der Waals surface area (Å²) in [6.07, 6.45) is 3.10. The van der Waals surface area contributed by atoms with Crippen molar-refractivity contribution in [2.45, 2.75) is 39.3 Å². The van der Waals surface area contributed by atoms with Crippen LogP contribution < -0.4 is 19.7 Å². The smallest absolute Gasteiger partial charge is 0.280 e. The summed E-state index contributed by atoms with van der Waals surface area (Å²) in [5.74, 6) is 0.396. The molecule has 10 nitrogen and oxygen atoms in total. The molecule has 0 fully saturated rings. The number of aryl methyl sites for hydroxylation is 1. The molecule has 2 aliphatic heterocycles. The third kappa shape index (κ3) is 3.81. The zero-order chi connectivity index (χ0) is 29.2. The molecular weight excluding hydrogens is 567 g/mol. The lowest BCUT2D eigenvalue weighted by atomic mass is 9.87. The largest absolute Gasteiger partial charge is 0.496 e. The number of pyridine rings is 2. The lowest BCUT2D eigenvalue weighted by Gasteiger charge is -2.36. The van der Waals surface area contributed by atoms with Crippen LogP contribution in [0.15, 0.2) is 42.7 Å². The summed E-state index contributed by atoms with van der Waals surface area (Å²) in [4.78, 5) is 43.9. The van der Waals surface area contributed by atoms with Gasteiger partial charge in [0.25, 0.3) is 11.8 Å². The molecule has 2 aliphatic rings. The van der Waals surface area contributed by atoms with E-state index in [2.05, 4.69) is 15.3 Å². The average molecular weight is 593 g/mol. The number of halogens is 2. The molecule has 0 aliphatic carbocycles. The number of nitrogens with one attached hydrogen (secondary N) is 1. The molecule has 1 N–H and O–H groups in total. The summed E-state index contributed by atoms with van der Waals surface area (Å²) in [5.41, 5.74) is 1.45. The highest BCUT2D eigenvalue weighted by atomic mass is 35.5. The summed E-state index contributed by atoms with van der Waals surface area (Å²) < 4.78 is 13.1. The van der Waals surface area contributed by atoms with Gasteiger partial charge in [-0.05, 0) is 45.9 Å². The van der Waals surface area contributed by atoms with Crippen LogP contribution in [0.3, 0.4) is 0 Å². The maximum atomic E-state index is 14.5. The molecule has 1 spiro atoms. The van der Waals surface area contributed by atoms with Crippen LogP contribution in [-0.4, -0.2) is 45.1 Å². The molecule has 6 rings (SSSR count). The highest BCUT2D eigenvalue weighted by Gasteiger charge is 2.64. The highest BCUT2D eigenvalue weighted by Crippen LogP contribution is 2.55. The first kappa shape index (κ1) is 27.0. The van der Waals surface area contributed by atoms with Gasteiger partial charge in [-0.25, -0.2) is 9.97 Å². The SMILES string of the molecule is CCOc1cc(OC)c(-c2nc3c(n2C(C)C)[C@@]2(C(=O)Nc4cc(Cl)ccc42)N(c2cc(Cl)cnc2C)C3=O)cn1. The zero-order valence-corrected chi connectivity index (χ0v) is 24.5. The number of hydrogen-bond acceptors (Lipinski definition) is 7. The fraction of sp³-hybridized carbons (Fsp3) is 0.276. The number of carbonyl (C=O) groups is 2. The van der Waals surface area contributed by atoms with Crippen LogP contribution >= 0.6 is 23.2 Å². The second-order valence-electron chi connectivity index (χ2n) is 10.0. The number of ether oxygens (including phenoxy) is 2. The van der Waals surface area contributed by atoms with E-state index in [1.807, 2.05) is 25.3 Å². The molecule has 210 valence electrons. The Balaban J connectivity index is 1.70. The Kier molecular flexibility index (Phi) is 6.43. The molecule has 4 aromatic rings. The number of carbonyl (C=O) groups excluding carboxylic acids is 2. The summed E-state index contributed by atoms with van der Waals surface area (Å²) >= 11 is 12.7. The molecule has 41 heavy (non-hydrogen) atoms. The van der Waals surface area contributed by atoms with Gasteiger partial charge in [0.15, 0.2) is 11.2 Å². The second kappa shape index (κ2) is 9.74. The zero-order valence-electron chi connectivity index (χ0n) is 23.0. The third-order valence-corrected chi connectivity index (χ3v) is 7.76. The third-order valence-electron chi connectivity index (χ3n) is 7.32. The van der Waals surface area contributed by atoms with Gasteiger partial charge in [0.2, 0.25) is 5.88 Å². The van der Waals surface area contributed by atoms with Gasteiger partial charge >= 0.3 is 0 Å². The Morgan fingerprint density at radius 1 is 1.07 bits per heavy atom. The van der Waals surface area contributed by atoms with Crippen LogP contribution in [0.2, 0.25) is 10.0 Å². The lowest BCUT2D eigenvalue weighted by Crippen LogP contribution is -2.51. The van der Waals surface area contributed by atoms with Crippen LogP contribution in [0.4, 0.5) is 11.4 Å². The van der Waals surface area contributed by atoms with Gasteiger partial charge in [-0.15, -0.1) is 0 Å². The van der Waals surface area contributed by atoms with Crippen LogP contribution in [0, 0.1) is 6.92 Å². The van der Waals surface area contributed by atoms with Crippen LogP contribution in [0.5, 0.6) is 11.6 Å². The summed E-state index contributed by atoms with van der Waals surface area (Å²) in [5, 5.41) is 3.73. The lowest BCUT2D eigenvalue weighted by molar-refractivity contribution is -0.119. The first-order valence-corrected chi connectivity index (χ1v) is 13.8. The number of rotatable bonds is 6. The number of amides is 2. The van der Waals surface area contributed by atoms with Crippen molar-refractivity contribution in [3.05, 3.63) is 75.4 Å². The van der Waals surface area contributed by atoms with Crippen LogP contribution in [0.1, 0.15) is 54.3 Å². The topological polar surface area (TPSA) is 111 Å². The summed E-state index contributed by atoms with van der Waals surface area (Å²) in [6.45, 7) is 7.99. The number of hydrogen-bond donors (Lipinski definition) is 1. The van der Waals surface area contributed by atoms with Crippen molar-refractivity contribution in [3.63, 3.8) is 0 Å². The molecule has 3 aromatic heterocycles. The van der Waals surface area contributed by atoms with Crippen molar-refractivity contribution >= 4 is 46.4 Å². The number of methoxy groups -OCH3 is 1. The fourth-order valence-electron chi connectivity index (χ4n) is 5.71. The van der Waals surface area contributed by atoms with E-state index in [1.165, 1.54) is 11.1 Å². The number of anilines is 2. The van der Waals surface area contributed by atoms with Crippen molar-refractivity contribution in [1.82, 2.24) is 19.5 Å². The van der Waals surface area contributed by atoms with Gasteiger partial charge < -0.3 is 19.4 Å². The fourth-order valence-corrected chi connectivity index (χ4v) is 6.03.